The minimum atomic E-state index is -0.672. The number of carbonyl (C=O) groups excluding carboxylic acids is 1. The minimum absolute atomic E-state index is 0.0835. The average Bonchev–Trinajstić information content (AvgIpc) is 2.43. The Bertz CT molecular complexity index is 478. The summed E-state index contributed by atoms with van der Waals surface area (Å²) in [4.78, 5) is 11.6. The highest BCUT2D eigenvalue weighted by atomic mass is 35.5. The fourth-order valence-electron chi connectivity index (χ4n) is 1.81. The van der Waals surface area contributed by atoms with Crippen LogP contribution in [0.5, 0.6) is 11.5 Å². The molecular formula is C13H16ClNO4. The number of anilines is 1. The van der Waals surface area contributed by atoms with Gasteiger partial charge in [-0.3, -0.25) is 4.79 Å². The molecule has 1 unspecified atom stereocenters. The monoisotopic (exact) mass is 285 g/mol. The normalized spacial score (nSPS) is 14.9. The zero-order valence-electron chi connectivity index (χ0n) is 10.6. The van der Waals surface area contributed by atoms with E-state index in [1.54, 1.807) is 12.1 Å². The van der Waals surface area contributed by atoms with Crippen molar-refractivity contribution in [2.24, 2.45) is 0 Å². The molecule has 1 heterocycles. The Hall–Kier alpha value is -1.46. The standard InChI is InChI=1S/C13H16ClNO4/c1-8(16)10-4-12-13(19-3-2-18-12)5-11(10)15-7-9(17)6-14/h4-5,9,15,17H,2-3,6-7H2,1H3. The van der Waals surface area contributed by atoms with Gasteiger partial charge >= 0.3 is 0 Å². The van der Waals surface area contributed by atoms with Crippen molar-refractivity contribution >= 4 is 23.1 Å². The minimum Gasteiger partial charge on any atom is -0.486 e. The number of aliphatic hydroxyl groups is 1. The van der Waals surface area contributed by atoms with Crippen LogP contribution in [0, 0.1) is 0 Å². The van der Waals surface area contributed by atoms with Crippen LogP contribution in [0.2, 0.25) is 0 Å². The first-order chi connectivity index (χ1) is 9.11. The summed E-state index contributed by atoms with van der Waals surface area (Å²) in [6.07, 6.45) is -0.672. The van der Waals surface area contributed by atoms with E-state index in [9.17, 15) is 9.90 Å². The molecule has 1 atom stereocenters. The fourth-order valence-corrected chi connectivity index (χ4v) is 1.92. The third kappa shape index (κ3) is 3.30. The van der Waals surface area contributed by atoms with Crippen molar-refractivity contribution in [3.05, 3.63) is 17.7 Å². The predicted octanol–water partition coefficient (Wildman–Crippen LogP) is 1.67. The zero-order valence-corrected chi connectivity index (χ0v) is 11.4. The lowest BCUT2D eigenvalue weighted by molar-refractivity contribution is 0.101. The van der Waals surface area contributed by atoms with E-state index in [1.165, 1.54) is 6.92 Å². The first kappa shape index (κ1) is 14.0. The molecule has 0 fully saturated rings. The van der Waals surface area contributed by atoms with Gasteiger partial charge in [0.05, 0.1) is 12.0 Å². The van der Waals surface area contributed by atoms with E-state index < -0.39 is 6.10 Å². The number of aliphatic hydroxyl groups excluding tert-OH is 1. The number of ketones is 1. The molecule has 104 valence electrons. The fraction of sp³-hybridized carbons (Fsp3) is 0.462. The summed E-state index contributed by atoms with van der Waals surface area (Å²) in [5, 5.41) is 12.5. The van der Waals surface area contributed by atoms with E-state index in [0.29, 0.717) is 36.0 Å². The third-order valence-electron chi connectivity index (χ3n) is 2.77. The van der Waals surface area contributed by atoms with Crippen LogP contribution in [0.15, 0.2) is 12.1 Å². The van der Waals surface area contributed by atoms with Gasteiger partial charge in [0.2, 0.25) is 0 Å². The maximum atomic E-state index is 11.6. The SMILES string of the molecule is CC(=O)c1cc2c(cc1NCC(O)CCl)OCCO2. The van der Waals surface area contributed by atoms with Crippen molar-refractivity contribution in [2.45, 2.75) is 13.0 Å². The van der Waals surface area contributed by atoms with Gasteiger partial charge in [-0.05, 0) is 13.0 Å². The lowest BCUT2D eigenvalue weighted by atomic mass is 10.1. The Kier molecular flexibility index (Phi) is 4.50. The molecule has 0 amide bonds. The van der Waals surface area contributed by atoms with E-state index in [2.05, 4.69) is 5.32 Å². The predicted molar refractivity (Wildman–Crippen MR) is 72.7 cm³/mol. The van der Waals surface area contributed by atoms with Gasteiger partial charge < -0.3 is 19.9 Å². The van der Waals surface area contributed by atoms with E-state index in [4.69, 9.17) is 21.1 Å². The van der Waals surface area contributed by atoms with Crippen LogP contribution < -0.4 is 14.8 Å². The summed E-state index contributed by atoms with van der Waals surface area (Å²) in [7, 11) is 0. The van der Waals surface area contributed by atoms with Crippen molar-refractivity contribution < 1.29 is 19.4 Å². The highest BCUT2D eigenvalue weighted by Gasteiger charge is 2.18. The van der Waals surface area contributed by atoms with E-state index in [0.717, 1.165) is 0 Å². The Morgan fingerprint density at radius 1 is 1.42 bits per heavy atom. The van der Waals surface area contributed by atoms with Crippen LogP contribution in [-0.2, 0) is 0 Å². The summed E-state index contributed by atoms with van der Waals surface area (Å²) in [5.41, 5.74) is 1.12. The van der Waals surface area contributed by atoms with Crippen LogP contribution in [-0.4, -0.2) is 42.6 Å². The Labute approximate surface area is 116 Å². The molecule has 5 nitrogen and oxygen atoms in total. The molecule has 2 N–H and O–H groups in total. The highest BCUT2D eigenvalue weighted by Crippen LogP contribution is 2.35. The Morgan fingerprint density at radius 3 is 2.63 bits per heavy atom. The second-order valence-electron chi connectivity index (χ2n) is 4.29. The third-order valence-corrected chi connectivity index (χ3v) is 3.12. The number of alkyl halides is 1. The molecule has 1 aliphatic heterocycles. The molecule has 6 heteroatoms. The topological polar surface area (TPSA) is 67.8 Å². The molecular weight excluding hydrogens is 270 g/mol. The second kappa shape index (κ2) is 6.12. The molecule has 0 aromatic heterocycles. The van der Waals surface area contributed by atoms with Crippen molar-refractivity contribution in [3.8, 4) is 11.5 Å². The van der Waals surface area contributed by atoms with Gasteiger partial charge in [-0.1, -0.05) is 0 Å². The highest BCUT2D eigenvalue weighted by molar-refractivity contribution is 6.18. The number of benzene rings is 1. The van der Waals surface area contributed by atoms with Crippen molar-refractivity contribution in [1.82, 2.24) is 0 Å². The van der Waals surface area contributed by atoms with E-state index in [1.807, 2.05) is 0 Å². The number of fused-ring (bicyclic) bond motifs is 1. The van der Waals surface area contributed by atoms with Gasteiger partial charge in [0.1, 0.15) is 13.2 Å². The van der Waals surface area contributed by atoms with Gasteiger partial charge in [0, 0.05) is 23.9 Å². The largest absolute Gasteiger partial charge is 0.486 e. The van der Waals surface area contributed by atoms with Crippen molar-refractivity contribution in [1.29, 1.82) is 0 Å². The Balaban J connectivity index is 2.26. The van der Waals surface area contributed by atoms with Crippen LogP contribution in [0.1, 0.15) is 17.3 Å². The quantitative estimate of drug-likeness (QED) is 0.636. The molecule has 0 saturated carbocycles. The zero-order chi connectivity index (χ0) is 13.8. The van der Waals surface area contributed by atoms with Crippen molar-refractivity contribution in [2.75, 3.05) is 31.0 Å². The number of Topliss-reactive ketones (excluding diaryl/α,β-unsaturated/α-hetero) is 1. The van der Waals surface area contributed by atoms with Crippen LogP contribution in [0.3, 0.4) is 0 Å². The lowest BCUT2D eigenvalue weighted by Crippen LogP contribution is -2.22. The molecule has 0 bridgehead atoms. The number of hydrogen-bond donors (Lipinski definition) is 2. The van der Waals surface area contributed by atoms with Gasteiger partial charge in [-0.2, -0.15) is 0 Å². The van der Waals surface area contributed by atoms with E-state index >= 15 is 0 Å². The molecule has 0 saturated heterocycles. The lowest BCUT2D eigenvalue weighted by Gasteiger charge is -2.21. The summed E-state index contributed by atoms with van der Waals surface area (Å²) in [6.45, 7) is 2.70. The molecule has 1 aliphatic rings. The molecule has 2 rings (SSSR count). The molecule has 1 aromatic rings. The maximum absolute atomic E-state index is 11.6. The maximum Gasteiger partial charge on any atom is 0.163 e. The second-order valence-corrected chi connectivity index (χ2v) is 4.60. The average molecular weight is 286 g/mol. The Morgan fingerprint density at radius 2 is 2.05 bits per heavy atom. The molecule has 1 aromatic carbocycles. The van der Waals surface area contributed by atoms with Gasteiger partial charge in [-0.15, -0.1) is 11.6 Å². The van der Waals surface area contributed by atoms with Crippen LogP contribution >= 0.6 is 11.6 Å². The molecule has 0 aliphatic carbocycles. The number of halogens is 1. The summed E-state index contributed by atoms with van der Waals surface area (Å²) in [6, 6.07) is 3.37. The van der Waals surface area contributed by atoms with Gasteiger partial charge in [0.25, 0.3) is 0 Å². The first-order valence-electron chi connectivity index (χ1n) is 6.04. The van der Waals surface area contributed by atoms with Gasteiger partial charge in [-0.25, -0.2) is 0 Å². The van der Waals surface area contributed by atoms with E-state index in [-0.39, 0.29) is 18.2 Å². The molecule has 0 radical (unpaired) electrons. The number of hydrogen-bond acceptors (Lipinski definition) is 5. The number of ether oxygens (including phenoxy) is 2. The first-order valence-corrected chi connectivity index (χ1v) is 6.57. The smallest absolute Gasteiger partial charge is 0.163 e. The van der Waals surface area contributed by atoms with Gasteiger partial charge in [0.15, 0.2) is 17.3 Å². The number of carbonyl (C=O) groups is 1. The van der Waals surface area contributed by atoms with Crippen LogP contribution in [0.25, 0.3) is 0 Å². The number of rotatable bonds is 5. The van der Waals surface area contributed by atoms with Crippen LogP contribution in [0.4, 0.5) is 5.69 Å². The molecule has 19 heavy (non-hydrogen) atoms. The van der Waals surface area contributed by atoms with Crippen molar-refractivity contribution in [3.63, 3.8) is 0 Å². The number of nitrogens with one attached hydrogen (secondary N) is 1. The molecule has 0 spiro atoms. The summed E-state index contributed by atoms with van der Waals surface area (Å²) < 4.78 is 10.9. The summed E-state index contributed by atoms with van der Waals surface area (Å²) >= 11 is 5.53. The summed E-state index contributed by atoms with van der Waals surface area (Å²) in [5.74, 6) is 1.21.